The van der Waals surface area contributed by atoms with Gasteiger partial charge in [0, 0.05) is 6.42 Å². The lowest BCUT2D eigenvalue weighted by molar-refractivity contribution is -0.150. The van der Waals surface area contributed by atoms with Crippen LogP contribution in [0.5, 0.6) is 17.2 Å². The van der Waals surface area contributed by atoms with E-state index in [9.17, 15) is 9.59 Å². The van der Waals surface area contributed by atoms with Gasteiger partial charge in [0.05, 0.1) is 32.5 Å². The van der Waals surface area contributed by atoms with Crippen molar-refractivity contribution in [3.8, 4) is 17.2 Å². The maximum absolute atomic E-state index is 12.4. The van der Waals surface area contributed by atoms with E-state index in [1.807, 2.05) is 0 Å². The number of methoxy groups -OCH3 is 3. The molecule has 148 valence electrons. The molecule has 4 rings (SSSR count). The molecule has 0 spiro atoms. The normalized spacial score (nSPS) is 13.8. The Labute approximate surface area is 164 Å². The van der Waals surface area contributed by atoms with Gasteiger partial charge >= 0.3 is 11.9 Å². The predicted octanol–water partition coefficient (Wildman–Crippen LogP) is 2.33. The van der Waals surface area contributed by atoms with Gasteiger partial charge in [-0.2, -0.15) is 0 Å². The summed E-state index contributed by atoms with van der Waals surface area (Å²) in [5.74, 6) is -0.0963. The van der Waals surface area contributed by atoms with Crippen LogP contribution in [0.4, 0.5) is 0 Å². The number of hydrogen-bond acceptors (Lipinski definition) is 9. The molecule has 3 aromatic rings. The first-order valence-corrected chi connectivity index (χ1v) is 8.57. The average Bonchev–Trinajstić information content (AvgIpc) is 3.30. The fourth-order valence-electron chi connectivity index (χ4n) is 3.25. The number of carbonyl (C=O) groups is 2. The zero-order chi connectivity index (χ0) is 20.5. The number of rotatable bonds is 6. The Hall–Kier alpha value is -3.88. The molecular formula is C20H16N2O7. The third-order valence-electron chi connectivity index (χ3n) is 4.59. The van der Waals surface area contributed by atoms with Crippen LogP contribution in [0.15, 0.2) is 40.5 Å². The molecule has 0 fully saturated rings. The molecular weight excluding hydrogens is 380 g/mol. The molecule has 0 radical (unpaired) electrons. The van der Waals surface area contributed by atoms with Crippen molar-refractivity contribution in [2.45, 2.75) is 6.42 Å². The Kier molecular flexibility index (Phi) is 4.63. The van der Waals surface area contributed by atoms with E-state index in [1.165, 1.54) is 21.3 Å². The minimum Gasteiger partial charge on any atom is -0.493 e. The molecule has 0 N–H and O–H groups in total. The number of hydrogen-bond donors (Lipinski definition) is 0. The van der Waals surface area contributed by atoms with Gasteiger partial charge in [0.2, 0.25) is 5.75 Å². The number of fused-ring (bicyclic) bond motifs is 1. The molecule has 0 saturated heterocycles. The average molecular weight is 396 g/mol. The first kappa shape index (κ1) is 18.5. The molecule has 1 aliphatic heterocycles. The van der Waals surface area contributed by atoms with Gasteiger partial charge in [-0.3, -0.25) is 0 Å². The number of ether oxygens (including phenoxy) is 4. The maximum Gasteiger partial charge on any atom is 0.347 e. The molecule has 2 heterocycles. The largest absolute Gasteiger partial charge is 0.493 e. The summed E-state index contributed by atoms with van der Waals surface area (Å²) in [6, 6.07) is 8.37. The summed E-state index contributed by atoms with van der Waals surface area (Å²) in [7, 11) is 4.50. The van der Waals surface area contributed by atoms with Gasteiger partial charge in [-0.05, 0) is 45.7 Å². The van der Waals surface area contributed by atoms with Crippen molar-refractivity contribution in [2.75, 3.05) is 21.3 Å². The van der Waals surface area contributed by atoms with E-state index in [1.54, 1.807) is 30.3 Å². The second-order valence-electron chi connectivity index (χ2n) is 6.21. The highest BCUT2D eigenvalue weighted by molar-refractivity contribution is 6.31. The molecule has 0 amide bonds. The van der Waals surface area contributed by atoms with Crippen molar-refractivity contribution in [1.29, 1.82) is 0 Å². The highest BCUT2D eigenvalue weighted by atomic mass is 16.6. The van der Waals surface area contributed by atoms with Crippen molar-refractivity contribution in [1.82, 2.24) is 10.3 Å². The molecule has 1 aliphatic rings. The number of aromatic nitrogens is 2. The molecule has 0 aliphatic carbocycles. The number of esters is 2. The SMILES string of the molecule is COc1cc(CC2=C(c3ccc4nonc4c3)C(=O)OC2=O)cc(OC)c1OC. The van der Waals surface area contributed by atoms with Gasteiger partial charge in [-0.15, -0.1) is 0 Å². The summed E-state index contributed by atoms with van der Waals surface area (Å²) in [6.07, 6.45) is 0.131. The van der Waals surface area contributed by atoms with E-state index in [0.717, 1.165) is 0 Å². The smallest absolute Gasteiger partial charge is 0.347 e. The molecule has 0 atom stereocenters. The fourth-order valence-corrected chi connectivity index (χ4v) is 3.25. The minimum absolute atomic E-state index is 0.131. The van der Waals surface area contributed by atoms with Crippen molar-refractivity contribution >= 4 is 28.5 Å². The van der Waals surface area contributed by atoms with Crippen LogP contribution in [0.3, 0.4) is 0 Å². The Morgan fingerprint density at radius 2 is 1.55 bits per heavy atom. The summed E-state index contributed by atoms with van der Waals surface area (Å²) >= 11 is 0. The van der Waals surface area contributed by atoms with Gasteiger partial charge in [0.25, 0.3) is 0 Å². The van der Waals surface area contributed by atoms with E-state index >= 15 is 0 Å². The van der Waals surface area contributed by atoms with Gasteiger partial charge < -0.3 is 18.9 Å². The van der Waals surface area contributed by atoms with E-state index in [0.29, 0.717) is 39.4 Å². The van der Waals surface area contributed by atoms with Crippen LogP contribution in [0, 0.1) is 0 Å². The fraction of sp³-hybridized carbons (Fsp3) is 0.200. The van der Waals surface area contributed by atoms with Crippen molar-refractivity contribution in [3.05, 3.63) is 47.0 Å². The first-order chi connectivity index (χ1) is 14.0. The second kappa shape index (κ2) is 7.27. The van der Waals surface area contributed by atoms with Gasteiger partial charge in [0.15, 0.2) is 11.5 Å². The Balaban J connectivity index is 1.81. The Morgan fingerprint density at radius 1 is 0.862 bits per heavy atom. The van der Waals surface area contributed by atoms with Gasteiger partial charge in [0.1, 0.15) is 11.0 Å². The molecule has 1 aromatic heterocycles. The predicted molar refractivity (Wildman–Crippen MR) is 99.6 cm³/mol. The standard InChI is InChI=1S/C20H16N2O7/c1-25-15-7-10(8-16(26-2)18(15)27-3)6-12-17(20(24)28-19(12)23)11-4-5-13-14(9-11)22-29-21-13/h4-5,7-9H,6H2,1-3H3. The quantitative estimate of drug-likeness (QED) is 0.458. The highest BCUT2D eigenvalue weighted by Gasteiger charge is 2.34. The van der Waals surface area contributed by atoms with Crippen LogP contribution in [-0.2, 0) is 20.7 Å². The van der Waals surface area contributed by atoms with Crippen molar-refractivity contribution in [2.24, 2.45) is 0 Å². The van der Waals surface area contributed by atoms with E-state index < -0.39 is 11.9 Å². The lowest BCUT2D eigenvalue weighted by atomic mass is 9.96. The van der Waals surface area contributed by atoms with Crippen LogP contribution in [0.1, 0.15) is 11.1 Å². The molecule has 9 heteroatoms. The molecule has 0 bridgehead atoms. The number of benzene rings is 2. The summed E-state index contributed by atoms with van der Waals surface area (Å²) in [5, 5.41) is 7.51. The van der Waals surface area contributed by atoms with Crippen molar-refractivity contribution in [3.63, 3.8) is 0 Å². The summed E-state index contributed by atoms with van der Waals surface area (Å²) in [6.45, 7) is 0. The van der Waals surface area contributed by atoms with Crippen molar-refractivity contribution < 1.29 is 33.2 Å². The Bertz CT molecular complexity index is 1140. The lowest BCUT2D eigenvalue weighted by Gasteiger charge is -2.14. The molecule has 2 aromatic carbocycles. The summed E-state index contributed by atoms with van der Waals surface area (Å²) in [4.78, 5) is 24.8. The number of nitrogens with zero attached hydrogens (tertiary/aromatic N) is 2. The van der Waals surface area contributed by atoms with Crippen LogP contribution >= 0.6 is 0 Å². The second-order valence-corrected chi connectivity index (χ2v) is 6.21. The lowest BCUT2D eigenvalue weighted by Crippen LogP contribution is -2.04. The van der Waals surface area contributed by atoms with Gasteiger partial charge in [-0.25, -0.2) is 14.2 Å². The Morgan fingerprint density at radius 3 is 2.21 bits per heavy atom. The van der Waals surface area contributed by atoms with Crippen LogP contribution in [0.25, 0.3) is 16.6 Å². The van der Waals surface area contributed by atoms with E-state index in [2.05, 4.69) is 14.9 Å². The molecule has 0 unspecified atom stereocenters. The summed E-state index contributed by atoms with van der Waals surface area (Å²) in [5.41, 5.74) is 2.58. The molecule has 9 nitrogen and oxygen atoms in total. The molecule has 0 saturated carbocycles. The van der Waals surface area contributed by atoms with E-state index in [4.69, 9.17) is 18.9 Å². The van der Waals surface area contributed by atoms with Crippen LogP contribution < -0.4 is 14.2 Å². The van der Waals surface area contributed by atoms with E-state index in [-0.39, 0.29) is 17.6 Å². The highest BCUT2D eigenvalue weighted by Crippen LogP contribution is 2.40. The number of cyclic esters (lactones) is 2. The maximum atomic E-state index is 12.4. The van der Waals surface area contributed by atoms with Crippen LogP contribution in [-0.4, -0.2) is 43.6 Å². The van der Waals surface area contributed by atoms with Crippen LogP contribution in [0.2, 0.25) is 0 Å². The zero-order valence-electron chi connectivity index (χ0n) is 15.8. The third-order valence-corrected chi connectivity index (χ3v) is 4.59. The zero-order valence-corrected chi connectivity index (χ0v) is 15.8. The molecule has 29 heavy (non-hydrogen) atoms. The monoisotopic (exact) mass is 396 g/mol. The minimum atomic E-state index is -0.715. The summed E-state index contributed by atoms with van der Waals surface area (Å²) < 4.78 is 25.6. The topological polar surface area (TPSA) is 110 Å². The third kappa shape index (κ3) is 3.16. The first-order valence-electron chi connectivity index (χ1n) is 8.57. The van der Waals surface area contributed by atoms with Gasteiger partial charge in [-0.1, -0.05) is 6.07 Å². The number of carbonyl (C=O) groups excluding carboxylic acids is 2.